The number of hydrogen-bond donors (Lipinski definition) is 0. The van der Waals surface area contributed by atoms with E-state index in [2.05, 4.69) is 0 Å². The Kier molecular flexibility index (Phi) is 1.51. The van der Waals surface area contributed by atoms with E-state index >= 15 is 0 Å². The standard InChI is InChI=1S/C9H5ClO2/c10-7-3-1-2-5-6(7)4-8(11)9(5)12/h1-3H,4H2. The predicted octanol–water partition coefficient (Wildman–Crippen LogP) is 1.65. The van der Waals surface area contributed by atoms with Gasteiger partial charge in [0, 0.05) is 17.0 Å². The quantitative estimate of drug-likeness (QED) is 0.569. The second-order valence-electron chi connectivity index (χ2n) is 2.70. The van der Waals surface area contributed by atoms with Crippen LogP contribution in [0.2, 0.25) is 5.02 Å². The molecule has 0 spiro atoms. The van der Waals surface area contributed by atoms with Gasteiger partial charge < -0.3 is 0 Å². The Morgan fingerprint density at radius 1 is 1.25 bits per heavy atom. The van der Waals surface area contributed by atoms with Crippen LogP contribution in [0, 0.1) is 0 Å². The van der Waals surface area contributed by atoms with Gasteiger partial charge in [-0.15, -0.1) is 0 Å². The zero-order valence-electron chi connectivity index (χ0n) is 6.13. The molecule has 0 N–H and O–H groups in total. The number of benzene rings is 1. The minimum absolute atomic E-state index is 0.161. The van der Waals surface area contributed by atoms with Crippen molar-refractivity contribution in [3.63, 3.8) is 0 Å². The van der Waals surface area contributed by atoms with Crippen LogP contribution in [0.25, 0.3) is 0 Å². The summed E-state index contributed by atoms with van der Waals surface area (Å²) in [6, 6.07) is 5.00. The van der Waals surface area contributed by atoms with Gasteiger partial charge in [-0.1, -0.05) is 23.7 Å². The highest BCUT2D eigenvalue weighted by Crippen LogP contribution is 2.26. The van der Waals surface area contributed by atoms with Crippen molar-refractivity contribution in [2.24, 2.45) is 0 Å². The molecule has 2 rings (SSSR count). The van der Waals surface area contributed by atoms with Crippen LogP contribution in [0.15, 0.2) is 18.2 Å². The molecule has 1 aromatic rings. The van der Waals surface area contributed by atoms with E-state index in [0.29, 0.717) is 16.1 Å². The number of hydrogen-bond acceptors (Lipinski definition) is 2. The van der Waals surface area contributed by atoms with Crippen LogP contribution in [0.5, 0.6) is 0 Å². The van der Waals surface area contributed by atoms with E-state index < -0.39 is 5.78 Å². The van der Waals surface area contributed by atoms with Gasteiger partial charge in [-0.3, -0.25) is 9.59 Å². The normalized spacial score (nSPS) is 15.1. The molecule has 3 heteroatoms. The van der Waals surface area contributed by atoms with Crippen molar-refractivity contribution in [2.45, 2.75) is 6.42 Å². The summed E-state index contributed by atoms with van der Waals surface area (Å²) in [6.45, 7) is 0. The molecule has 1 aliphatic carbocycles. The predicted molar refractivity (Wildman–Crippen MR) is 44.5 cm³/mol. The maximum atomic E-state index is 11.1. The first-order valence-corrected chi connectivity index (χ1v) is 3.93. The summed E-state index contributed by atoms with van der Waals surface area (Å²) in [5.41, 5.74) is 1.14. The van der Waals surface area contributed by atoms with E-state index in [1.807, 2.05) is 0 Å². The Morgan fingerprint density at radius 2 is 2.00 bits per heavy atom. The van der Waals surface area contributed by atoms with Crippen LogP contribution in [0.4, 0.5) is 0 Å². The van der Waals surface area contributed by atoms with Gasteiger partial charge in [0.15, 0.2) is 0 Å². The molecule has 0 saturated carbocycles. The number of carbonyl (C=O) groups is 2. The lowest BCUT2D eigenvalue weighted by molar-refractivity contribution is -0.114. The monoisotopic (exact) mass is 180 g/mol. The lowest BCUT2D eigenvalue weighted by atomic mass is 10.1. The molecule has 0 aromatic heterocycles. The van der Waals surface area contributed by atoms with Crippen molar-refractivity contribution in [3.05, 3.63) is 34.3 Å². The van der Waals surface area contributed by atoms with Gasteiger partial charge >= 0.3 is 0 Å². The van der Waals surface area contributed by atoms with Crippen molar-refractivity contribution in [3.8, 4) is 0 Å². The number of Topliss-reactive ketones (excluding diaryl/α,β-unsaturated/α-hetero) is 2. The first-order chi connectivity index (χ1) is 5.70. The second-order valence-corrected chi connectivity index (χ2v) is 3.10. The van der Waals surface area contributed by atoms with E-state index in [4.69, 9.17) is 11.6 Å². The van der Waals surface area contributed by atoms with Crippen LogP contribution < -0.4 is 0 Å². The lowest BCUT2D eigenvalue weighted by Gasteiger charge is -1.96. The zero-order valence-corrected chi connectivity index (χ0v) is 6.89. The molecule has 1 aliphatic rings. The fourth-order valence-electron chi connectivity index (χ4n) is 1.34. The molecule has 60 valence electrons. The van der Waals surface area contributed by atoms with E-state index in [-0.39, 0.29) is 12.2 Å². The van der Waals surface area contributed by atoms with E-state index in [1.165, 1.54) is 0 Å². The topological polar surface area (TPSA) is 34.1 Å². The first kappa shape index (κ1) is 7.50. The molecule has 2 nitrogen and oxygen atoms in total. The Balaban J connectivity index is 2.68. The second kappa shape index (κ2) is 2.42. The van der Waals surface area contributed by atoms with Gasteiger partial charge in [-0.05, 0) is 11.6 Å². The van der Waals surface area contributed by atoms with Crippen LogP contribution in [-0.4, -0.2) is 11.6 Å². The van der Waals surface area contributed by atoms with E-state index in [0.717, 1.165) is 0 Å². The van der Waals surface area contributed by atoms with Crippen molar-refractivity contribution < 1.29 is 9.59 Å². The molecule has 0 unspecified atom stereocenters. The fraction of sp³-hybridized carbons (Fsp3) is 0.111. The summed E-state index contributed by atoms with van der Waals surface area (Å²) in [4.78, 5) is 22.1. The number of fused-ring (bicyclic) bond motifs is 1. The molecule has 0 aliphatic heterocycles. The van der Waals surface area contributed by atoms with Gasteiger partial charge in [-0.25, -0.2) is 0 Å². The highest BCUT2D eigenvalue weighted by atomic mass is 35.5. The molecule has 12 heavy (non-hydrogen) atoms. The summed E-state index contributed by atoms with van der Waals surface area (Å²) in [5, 5.41) is 0.506. The van der Waals surface area contributed by atoms with Crippen molar-refractivity contribution in [1.82, 2.24) is 0 Å². The highest BCUT2D eigenvalue weighted by Gasteiger charge is 2.29. The largest absolute Gasteiger partial charge is 0.290 e. The van der Waals surface area contributed by atoms with Gasteiger partial charge in [0.05, 0.1) is 0 Å². The van der Waals surface area contributed by atoms with Crippen LogP contribution >= 0.6 is 11.6 Å². The molecule has 0 fully saturated rings. The zero-order chi connectivity index (χ0) is 8.72. The van der Waals surface area contributed by atoms with Crippen molar-refractivity contribution in [1.29, 1.82) is 0 Å². The van der Waals surface area contributed by atoms with Crippen molar-refractivity contribution >= 4 is 23.2 Å². The third kappa shape index (κ3) is 0.883. The molecular formula is C9H5ClO2. The first-order valence-electron chi connectivity index (χ1n) is 3.55. The van der Waals surface area contributed by atoms with Crippen molar-refractivity contribution in [2.75, 3.05) is 0 Å². The number of carbonyl (C=O) groups excluding carboxylic acids is 2. The Morgan fingerprint density at radius 3 is 2.67 bits per heavy atom. The third-order valence-corrected chi connectivity index (χ3v) is 2.31. The lowest BCUT2D eigenvalue weighted by Crippen LogP contribution is -2.05. The molecule has 0 atom stereocenters. The third-order valence-electron chi connectivity index (χ3n) is 1.95. The number of halogens is 1. The SMILES string of the molecule is O=C1Cc2c(Cl)cccc2C1=O. The van der Waals surface area contributed by atoms with Gasteiger partial charge in [0.2, 0.25) is 11.6 Å². The summed E-state index contributed by atoms with van der Waals surface area (Å²) in [6.07, 6.45) is 0.161. The van der Waals surface area contributed by atoms with Crippen LogP contribution in [0.3, 0.4) is 0 Å². The molecular weight excluding hydrogens is 176 g/mol. The molecule has 0 saturated heterocycles. The maximum Gasteiger partial charge on any atom is 0.229 e. The molecule has 0 heterocycles. The number of rotatable bonds is 0. The maximum absolute atomic E-state index is 11.1. The summed E-state index contributed by atoms with van der Waals surface area (Å²) in [5.74, 6) is -0.773. The minimum atomic E-state index is -0.410. The Bertz CT molecular complexity index is 382. The Hall–Kier alpha value is -1.15. The smallest absolute Gasteiger partial charge is 0.229 e. The minimum Gasteiger partial charge on any atom is -0.290 e. The molecule has 0 bridgehead atoms. The van der Waals surface area contributed by atoms with Gasteiger partial charge in [0.1, 0.15) is 0 Å². The summed E-state index contributed by atoms with van der Waals surface area (Å²) < 4.78 is 0. The van der Waals surface area contributed by atoms with Gasteiger partial charge in [-0.2, -0.15) is 0 Å². The number of ketones is 2. The molecule has 0 radical (unpaired) electrons. The van der Waals surface area contributed by atoms with E-state index in [1.54, 1.807) is 18.2 Å². The Labute approximate surface area is 74.1 Å². The average Bonchev–Trinajstić information content (AvgIpc) is 2.32. The van der Waals surface area contributed by atoms with Gasteiger partial charge in [0.25, 0.3) is 0 Å². The molecule has 0 amide bonds. The highest BCUT2D eigenvalue weighted by molar-refractivity contribution is 6.48. The average molecular weight is 181 g/mol. The van der Waals surface area contributed by atoms with E-state index in [9.17, 15) is 9.59 Å². The molecule has 1 aromatic carbocycles. The fourth-order valence-corrected chi connectivity index (χ4v) is 1.58. The van der Waals surface area contributed by atoms with Crippen LogP contribution in [0.1, 0.15) is 15.9 Å². The summed E-state index contributed by atoms with van der Waals surface area (Å²) in [7, 11) is 0. The summed E-state index contributed by atoms with van der Waals surface area (Å²) >= 11 is 5.80. The van der Waals surface area contributed by atoms with Crippen LogP contribution in [-0.2, 0) is 11.2 Å².